The Kier molecular flexibility index (Phi) is 5.04. The van der Waals surface area contributed by atoms with Crippen LogP contribution < -0.4 is 16.4 Å². The van der Waals surface area contributed by atoms with Gasteiger partial charge in [0.1, 0.15) is 0 Å². The van der Waals surface area contributed by atoms with Crippen LogP contribution in [0.2, 0.25) is 5.02 Å². The van der Waals surface area contributed by atoms with Gasteiger partial charge in [0.05, 0.1) is 33.8 Å². The highest BCUT2D eigenvalue weighted by atomic mass is 35.5. The number of hydrogen-bond donors (Lipinski definition) is 3. The lowest BCUT2D eigenvalue weighted by atomic mass is 10.1. The van der Waals surface area contributed by atoms with E-state index in [1.54, 1.807) is 24.3 Å². The van der Waals surface area contributed by atoms with Gasteiger partial charge < -0.3 is 0 Å². The smallest absolute Gasteiger partial charge is 0.299 e. The molecule has 1 heterocycles. The first-order valence-corrected chi connectivity index (χ1v) is 8.01. The van der Waals surface area contributed by atoms with E-state index in [2.05, 4.69) is 21.0 Å². The molecule has 0 fully saturated rings. The van der Waals surface area contributed by atoms with Crippen LogP contribution in [0.25, 0.3) is 10.8 Å². The molecule has 0 saturated heterocycles. The summed E-state index contributed by atoms with van der Waals surface area (Å²) in [6.45, 7) is 0. The summed E-state index contributed by atoms with van der Waals surface area (Å²) in [7, 11) is 0. The van der Waals surface area contributed by atoms with Crippen LogP contribution in [-0.2, 0) is 17.4 Å². The lowest BCUT2D eigenvalue weighted by molar-refractivity contribution is -0.137. The van der Waals surface area contributed by atoms with Gasteiger partial charge in [-0.2, -0.15) is 18.3 Å². The number of aromatic nitrogens is 2. The van der Waals surface area contributed by atoms with Gasteiger partial charge in [0, 0.05) is 5.39 Å². The number of rotatable bonds is 4. The van der Waals surface area contributed by atoms with Crippen molar-refractivity contribution in [1.82, 2.24) is 15.6 Å². The fourth-order valence-corrected chi connectivity index (χ4v) is 2.69. The molecule has 0 saturated carbocycles. The van der Waals surface area contributed by atoms with E-state index in [1.165, 1.54) is 6.07 Å². The Labute approximate surface area is 155 Å². The molecule has 3 N–H and O–H groups in total. The van der Waals surface area contributed by atoms with Gasteiger partial charge in [0.2, 0.25) is 5.91 Å². The molecular weight excluding hydrogens is 385 g/mol. The number of hydrogen-bond acceptors (Lipinski definition) is 4. The van der Waals surface area contributed by atoms with E-state index in [1.807, 2.05) is 0 Å². The second-order valence-corrected chi connectivity index (χ2v) is 5.99. The van der Waals surface area contributed by atoms with E-state index in [9.17, 15) is 22.8 Å². The minimum absolute atomic E-state index is 0.0133. The van der Waals surface area contributed by atoms with E-state index < -0.39 is 22.7 Å². The lowest BCUT2D eigenvalue weighted by Gasteiger charge is -2.13. The molecule has 1 amide bonds. The molecule has 1 aromatic heterocycles. The number of carbonyl (C=O) groups excluding carboxylic acids is 1. The SMILES string of the molecule is O=C(Cc1n[nH]c(=O)c2ccccc12)NNc1ccc(Cl)c(C(F)(F)F)c1. The Bertz CT molecular complexity index is 1070. The molecule has 0 unspecified atom stereocenters. The number of fused-ring (bicyclic) bond motifs is 1. The van der Waals surface area contributed by atoms with Crippen LogP contribution in [0, 0.1) is 0 Å². The van der Waals surface area contributed by atoms with Gasteiger partial charge in [-0.3, -0.25) is 20.4 Å². The third-order valence-electron chi connectivity index (χ3n) is 3.72. The van der Waals surface area contributed by atoms with Crippen molar-refractivity contribution >= 4 is 34.0 Å². The fourth-order valence-electron chi connectivity index (χ4n) is 2.46. The second-order valence-electron chi connectivity index (χ2n) is 5.59. The minimum Gasteiger partial charge on any atom is -0.299 e. The highest BCUT2D eigenvalue weighted by Crippen LogP contribution is 2.36. The quantitative estimate of drug-likeness (QED) is 0.591. The van der Waals surface area contributed by atoms with Gasteiger partial charge in [-0.25, -0.2) is 5.10 Å². The summed E-state index contributed by atoms with van der Waals surface area (Å²) in [6.07, 6.45) is -4.80. The average Bonchev–Trinajstić information content (AvgIpc) is 2.63. The third kappa shape index (κ3) is 4.20. The number of nitrogens with zero attached hydrogens (tertiary/aromatic N) is 1. The maximum Gasteiger partial charge on any atom is 0.417 e. The van der Waals surface area contributed by atoms with Crippen LogP contribution in [0.4, 0.5) is 18.9 Å². The number of benzene rings is 2. The standard InChI is InChI=1S/C17H12ClF3N4O2/c18-13-6-5-9(7-12(13)17(19,20)21)22-24-15(26)8-14-10-3-1-2-4-11(10)16(27)25-23-14/h1-7,22H,8H2,(H,24,26)(H,25,27). The van der Waals surface area contributed by atoms with Crippen molar-refractivity contribution in [3.8, 4) is 0 Å². The molecule has 27 heavy (non-hydrogen) atoms. The molecule has 0 spiro atoms. The van der Waals surface area contributed by atoms with Crippen molar-refractivity contribution in [2.75, 3.05) is 5.43 Å². The normalized spacial score (nSPS) is 11.4. The molecule has 3 rings (SSSR count). The molecule has 2 aromatic carbocycles. The monoisotopic (exact) mass is 396 g/mol. The number of carbonyl (C=O) groups is 1. The molecule has 0 aliphatic carbocycles. The molecule has 6 nitrogen and oxygen atoms in total. The van der Waals surface area contributed by atoms with Gasteiger partial charge in [0.25, 0.3) is 5.56 Å². The van der Waals surface area contributed by atoms with Crippen molar-refractivity contribution in [3.05, 3.63) is 69.1 Å². The molecule has 0 atom stereocenters. The predicted octanol–water partition coefficient (Wildman–Crippen LogP) is 3.28. The molecule has 10 heteroatoms. The Morgan fingerprint density at radius 2 is 1.85 bits per heavy atom. The van der Waals surface area contributed by atoms with Crippen molar-refractivity contribution in [2.24, 2.45) is 0 Å². The number of anilines is 1. The Morgan fingerprint density at radius 1 is 1.15 bits per heavy atom. The molecule has 0 aliphatic rings. The van der Waals surface area contributed by atoms with Gasteiger partial charge in [0.15, 0.2) is 0 Å². The average molecular weight is 397 g/mol. The first kappa shape index (κ1) is 18.7. The van der Waals surface area contributed by atoms with Crippen LogP contribution in [0.15, 0.2) is 47.3 Å². The molecule has 0 aliphatic heterocycles. The number of H-pyrrole nitrogens is 1. The third-order valence-corrected chi connectivity index (χ3v) is 4.05. The first-order chi connectivity index (χ1) is 12.8. The minimum atomic E-state index is -4.61. The lowest BCUT2D eigenvalue weighted by Crippen LogP contribution is -2.31. The van der Waals surface area contributed by atoms with E-state index in [-0.39, 0.29) is 17.7 Å². The number of amides is 1. The fraction of sp³-hybridized carbons (Fsp3) is 0.118. The number of alkyl halides is 3. The maximum absolute atomic E-state index is 12.9. The zero-order chi connectivity index (χ0) is 19.6. The van der Waals surface area contributed by atoms with Crippen molar-refractivity contribution < 1.29 is 18.0 Å². The van der Waals surface area contributed by atoms with E-state index in [0.717, 1.165) is 12.1 Å². The van der Waals surface area contributed by atoms with Gasteiger partial charge in [-0.1, -0.05) is 29.8 Å². The Morgan fingerprint density at radius 3 is 2.56 bits per heavy atom. The van der Waals surface area contributed by atoms with Crippen LogP contribution in [0.5, 0.6) is 0 Å². The molecule has 0 radical (unpaired) electrons. The number of nitrogens with one attached hydrogen (secondary N) is 3. The zero-order valence-corrected chi connectivity index (χ0v) is 14.3. The van der Waals surface area contributed by atoms with Crippen molar-refractivity contribution in [3.63, 3.8) is 0 Å². The molecule has 3 aromatic rings. The van der Waals surface area contributed by atoms with Gasteiger partial charge in [-0.05, 0) is 24.3 Å². The van der Waals surface area contributed by atoms with E-state index in [4.69, 9.17) is 11.6 Å². The highest BCUT2D eigenvalue weighted by molar-refractivity contribution is 6.31. The van der Waals surface area contributed by atoms with Crippen LogP contribution in [0.3, 0.4) is 0 Å². The van der Waals surface area contributed by atoms with Crippen LogP contribution in [-0.4, -0.2) is 16.1 Å². The van der Waals surface area contributed by atoms with E-state index >= 15 is 0 Å². The zero-order valence-electron chi connectivity index (χ0n) is 13.5. The van der Waals surface area contributed by atoms with Gasteiger partial charge in [-0.15, -0.1) is 0 Å². The predicted molar refractivity (Wildman–Crippen MR) is 94.3 cm³/mol. The summed E-state index contributed by atoms with van der Waals surface area (Å²) < 4.78 is 38.6. The number of aromatic amines is 1. The first-order valence-electron chi connectivity index (χ1n) is 7.63. The summed E-state index contributed by atoms with van der Waals surface area (Å²) in [5, 5.41) is 6.63. The number of halogens is 4. The second kappa shape index (κ2) is 7.28. The summed E-state index contributed by atoms with van der Waals surface area (Å²) in [6, 6.07) is 9.80. The summed E-state index contributed by atoms with van der Waals surface area (Å²) in [5.74, 6) is -0.553. The van der Waals surface area contributed by atoms with E-state index in [0.29, 0.717) is 16.5 Å². The highest BCUT2D eigenvalue weighted by Gasteiger charge is 2.33. The maximum atomic E-state index is 12.9. The molecule has 140 valence electrons. The van der Waals surface area contributed by atoms with Crippen LogP contribution in [0.1, 0.15) is 11.3 Å². The van der Waals surface area contributed by atoms with Crippen LogP contribution >= 0.6 is 11.6 Å². The van der Waals surface area contributed by atoms with Crippen molar-refractivity contribution in [2.45, 2.75) is 12.6 Å². The number of hydrazine groups is 1. The summed E-state index contributed by atoms with van der Waals surface area (Å²) >= 11 is 5.55. The summed E-state index contributed by atoms with van der Waals surface area (Å²) in [4.78, 5) is 23.8. The Hall–Kier alpha value is -3.07. The van der Waals surface area contributed by atoms with Gasteiger partial charge >= 0.3 is 6.18 Å². The Balaban J connectivity index is 1.73. The topological polar surface area (TPSA) is 86.9 Å². The van der Waals surface area contributed by atoms with Crippen molar-refractivity contribution in [1.29, 1.82) is 0 Å². The molecular formula is C17H12ClF3N4O2. The molecule has 0 bridgehead atoms. The summed E-state index contributed by atoms with van der Waals surface area (Å²) in [5.41, 5.74) is 3.65. The largest absolute Gasteiger partial charge is 0.417 e.